The average Bonchev–Trinajstić information content (AvgIpc) is 2.89. The number of aryl methyl sites for hydroxylation is 3. The monoisotopic (exact) mass is 341 g/mol. The first kappa shape index (κ1) is 17.7. The number of benzene rings is 1. The quantitative estimate of drug-likeness (QED) is 0.890. The highest BCUT2D eigenvalue weighted by Crippen LogP contribution is 2.35. The van der Waals surface area contributed by atoms with E-state index in [-0.39, 0.29) is 11.9 Å². The number of rotatable bonds is 5. The van der Waals surface area contributed by atoms with E-state index in [1.54, 1.807) is 0 Å². The fraction of sp³-hybridized carbons (Fsp3) is 0.500. The van der Waals surface area contributed by atoms with Gasteiger partial charge in [0, 0.05) is 7.05 Å². The number of carbonyl (C=O) groups is 1. The molecule has 0 unspecified atom stereocenters. The first-order valence-electron chi connectivity index (χ1n) is 9.11. The van der Waals surface area contributed by atoms with E-state index in [0.717, 1.165) is 35.6 Å². The maximum Gasteiger partial charge on any atom is 0.278 e. The summed E-state index contributed by atoms with van der Waals surface area (Å²) in [4.78, 5) is 16.3. The smallest absolute Gasteiger partial charge is 0.278 e. The lowest BCUT2D eigenvalue weighted by Gasteiger charge is -2.36. The fourth-order valence-corrected chi connectivity index (χ4v) is 3.81. The Balaban J connectivity index is 1.94. The second-order valence-corrected chi connectivity index (χ2v) is 7.41. The van der Waals surface area contributed by atoms with Crippen LogP contribution in [0, 0.1) is 6.92 Å². The Morgan fingerprint density at radius 2 is 2.12 bits per heavy atom. The Labute approximate surface area is 150 Å². The summed E-state index contributed by atoms with van der Waals surface area (Å²) in [6.07, 6.45) is 3.27. The van der Waals surface area contributed by atoms with Gasteiger partial charge < -0.3 is 9.80 Å². The van der Waals surface area contributed by atoms with Crippen molar-refractivity contribution in [3.05, 3.63) is 52.8 Å². The normalized spacial score (nSPS) is 16.8. The van der Waals surface area contributed by atoms with E-state index in [1.807, 2.05) is 32.7 Å². The molecule has 134 valence electrons. The van der Waals surface area contributed by atoms with Crippen LogP contribution in [0.25, 0.3) is 0 Å². The molecular formula is C20H29N4O+. The number of likely N-dealkylation sites (N-methyl/N-ethyl adjacent to an activating group) is 1. The Bertz CT molecular complexity index is 750. The Kier molecular flexibility index (Phi) is 5.23. The fourth-order valence-electron chi connectivity index (χ4n) is 3.81. The molecule has 1 aliphatic rings. The van der Waals surface area contributed by atoms with E-state index in [9.17, 15) is 4.79 Å². The zero-order chi connectivity index (χ0) is 18.0. The highest BCUT2D eigenvalue weighted by molar-refractivity contribution is 5.77. The third-order valence-electron chi connectivity index (χ3n) is 4.97. The molecule has 0 spiro atoms. The van der Waals surface area contributed by atoms with Gasteiger partial charge in [-0.25, -0.2) is 0 Å². The number of quaternary nitrogens is 1. The molecule has 1 amide bonds. The van der Waals surface area contributed by atoms with Crippen molar-refractivity contribution in [2.24, 2.45) is 7.05 Å². The van der Waals surface area contributed by atoms with Crippen LogP contribution in [-0.4, -0.2) is 41.2 Å². The van der Waals surface area contributed by atoms with Crippen molar-refractivity contribution < 1.29 is 9.69 Å². The van der Waals surface area contributed by atoms with Gasteiger partial charge in [-0.3, -0.25) is 9.48 Å². The SMILES string of the molecule is Cc1cc(CN(C(=O)C[NH+](C)C)[C@@H]2CCCc3ccccc32)n(C)n1. The van der Waals surface area contributed by atoms with Gasteiger partial charge in [-0.1, -0.05) is 24.3 Å². The first-order valence-corrected chi connectivity index (χ1v) is 9.11. The van der Waals surface area contributed by atoms with Crippen molar-refractivity contribution in [2.45, 2.75) is 38.8 Å². The number of hydrogen-bond acceptors (Lipinski definition) is 2. The predicted octanol–water partition coefficient (Wildman–Crippen LogP) is 1.28. The van der Waals surface area contributed by atoms with Gasteiger partial charge >= 0.3 is 0 Å². The van der Waals surface area contributed by atoms with Gasteiger partial charge in [0.15, 0.2) is 6.54 Å². The van der Waals surface area contributed by atoms with Crippen molar-refractivity contribution >= 4 is 5.91 Å². The molecule has 0 radical (unpaired) electrons. The van der Waals surface area contributed by atoms with Crippen molar-refractivity contribution in [2.75, 3.05) is 20.6 Å². The van der Waals surface area contributed by atoms with E-state index in [0.29, 0.717) is 13.1 Å². The Morgan fingerprint density at radius 3 is 2.80 bits per heavy atom. The number of nitrogens with zero attached hydrogens (tertiary/aromatic N) is 3. The van der Waals surface area contributed by atoms with Gasteiger partial charge in [-0.05, 0) is 43.4 Å². The first-order chi connectivity index (χ1) is 12.0. The van der Waals surface area contributed by atoms with Crippen LogP contribution in [0.2, 0.25) is 0 Å². The maximum absolute atomic E-state index is 13.1. The van der Waals surface area contributed by atoms with Crippen LogP contribution in [0.3, 0.4) is 0 Å². The van der Waals surface area contributed by atoms with Crippen LogP contribution in [-0.2, 0) is 24.8 Å². The van der Waals surface area contributed by atoms with Crippen molar-refractivity contribution in [1.82, 2.24) is 14.7 Å². The molecule has 3 rings (SSSR count). The minimum Gasteiger partial charge on any atom is -0.332 e. The molecule has 5 heteroatoms. The second-order valence-electron chi connectivity index (χ2n) is 7.41. The number of hydrogen-bond donors (Lipinski definition) is 1. The van der Waals surface area contributed by atoms with Crippen LogP contribution in [0.4, 0.5) is 0 Å². The molecule has 25 heavy (non-hydrogen) atoms. The second kappa shape index (κ2) is 7.40. The lowest BCUT2D eigenvalue weighted by molar-refractivity contribution is -0.849. The van der Waals surface area contributed by atoms with Gasteiger partial charge in [0.2, 0.25) is 0 Å². The van der Waals surface area contributed by atoms with Crippen molar-refractivity contribution in [3.8, 4) is 0 Å². The summed E-state index contributed by atoms with van der Waals surface area (Å²) >= 11 is 0. The number of nitrogens with one attached hydrogen (secondary N) is 1. The standard InChI is InChI=1S/C20H28N4O/c1-15-12-17(23(4)21-15)13-24(20(25)14-22(2)3)19-11-7-9-16-8-5-6-10-18(16)19/h5-6,8,10,12,19H,7,9,11,13-14H2,1-4H3/p+1/t19-/m1/s1. The summed E-state index contributed by atoms with van der Waals surface area (Å²) in [6.45, 7) is 3.12. The number of fused-ring (bicyclic) bond motifs is 1. The van der Waals surface area contributed by atoms with Crippen molar-refractivity contribution in [3.63, 3.8) is 0 Å². The van der Waals surface area contributed by atoms with Crippen LogP contribution in [0.1, 0.15) is 41.4 Å². The molecule has 1 aliphatic carbocycles. The molecule has 1 aromatic heterocycles. The van der Waals surface area contributed by atoms with Gasteiger partial charge in [0.05, 0.1) is 38.1 Å². The molecule has 1 aromatic carbocycles. The van der Waals surface area contributed by atoms with E-state index >= 15 is 0 Å². The van der Waals surface area contributed by atoms with Crippen molar-refractivity contribution in [1.29, 1.82) is 0 Å². The summed E-state index contributed by atoms with van der Waals surface area (Å²) in [5.41, 5.74) is 4.78. The number of amides is 1. The largest absolute Gasteiger partial charge is 0.332 e. The third kappa shape index (κ3) is 3.93. The Morgan fingerprint density at radius 1 is 1.36 bits per heavy atom. The zero-order valence-corrected chi connectivity index (χ0v) is 15.7. The highest BCUT2D eigenvalue weighted by atomic mass is 16.2. The third-order valence-corrected chi connectivity index (χ3v) is 4.97. The molecule has 1 atom stereocenters. The predicted molar refractivity (Wildman–Crippen MR) is 98.3 cm³/mol. The van der Waals surface area contributed by atoms with E-state index in [1.165, 1.54) is 11.1 Å². The average molecular weight is 341 g/mol. The minimum atomic E-state index is 0.159. The summed E-state index contributed by atoms with van der Waals surface area (Å²) in [5, 5.41) is 4.45. The highest BCUT2D eigenvalue weighted by Gasteiger charge is 2.30. The molecule has 0 aliphatic heterocycles. The van der Waals surface area contributed by atoms with Crippen LogP contribution < -0.4 is 4.90 Å². The topological polar surface area (TPSA) is 42.6 Å². The van der Waals surface area contributed by atoms with Gasteiger partial charge in [-0.2, -0.15) is 5.10 Å². The summed E-state index contributed by atoms with van der Waals surface area (Å²) in [6, 6.07) is 10.8. The van der Waals surface area contributed by atoms with E-state index < -0.39 is 0 Å². The van der Waals surface area contributed by atoms with Crippen LogP contribution in [0.5, 0.6) is 0 Å². The van der Waals surface area contributed by atoms with Crippen LogP contribution in [0.15, 0.2) is 30.3 Å². The summed E-state index contributed by atoms with van der Waals surface area (Å²) in [5.74, 6) is 0.209. The molecule has 0 saturated heterocycles. The summed E-state index contributed by atoms with van der Waals surface area (Å²) in [7, 11) is 6.01. The molecule has 0 fully saturated rings. The molecule has 1 heterocycles. The molecule has 1 N–H and O–H groups in total. The molecule has 2 aromatic rings. The molecule has 0 bridgehead atoms. The zero-order valence-electron chi connectivity index (χ0n) is 15.7. The summed E-state index contributed by atoms with van der Waals surface area (Å²) < 4.78 is 1.90. The van der Waals surface area contributed by atoms with Crippen LogP contribution >= 0.6 is 0 Å². The van der Waals surface area contributed by atoms with E-state index in [2.05, 4.69) is 40.3 Å². The lowest BCUT2D eigenvalue weighted by atomic mass is 9.86. The Hall–Kier alpha value is -2.14. The maximum atomic E-state index is 13.1. The van der Waals surface area contributed by atoms with E-state index in [4.69, 9.17) is 0 Å². The van der Waals surface area contributed by atoms with Gasteiger partial charge in [0.1, 0.15) is 0 Å². The lowest BCUT2D eigenvalue weighted by Crippen LogP contribution is -3.07. The number of aromatic nitrogens is 2. The molecule has 0 saturated carbocycles. The number of carbonyl (C=O) groups excluding carboxylic acids is 1. The minimum absolute atomic E-state index is 0.159. The van der Waals surface area contributed by atoms with Gasteiger partial charge in [-0.15, -0.1) is 0 Å². The molecular weight excluding hydrogens is 312 g/mol. The van der Waals surface area contributed by atoms with Gasteiger partial charge in [0.25, 0.3) is 5.91 Å². The molecule has 5 nitrogen and oxygen atoms in total.